The lowest BCUT2D eigenvalue weighted by Gasteiger charge is -2.23. The highest BCUT2D eigenvalue weighted by atomic mass is 32.2. The van der Waals surface area contributed by atoms with Crippen LogP contribution in [0.1, 0.15) is 31.0 Å². The lowest BCUT2D eigenvalue weighted by atomic mass is 10.1. The molecule has 1 atom stereocenters. The van der Waals surface area contributed by atoms with Crippen molar-refractivity contribution < 1.29 is 28.2 Å². The number of benzene rings is 1. The average molecular weight is 566 g/mol. The van der Waals surface area contributed by atoms with Crippen LogP contribution in [0.2, 0.25) is 0 Å². The van der Waals surface area contributed by atoms with Crippen LogP contribution in [0.25, 0.3) is 11.4 Å². The molecule has 0 aliphatic heterocycles. The van der Waals surface area contributed by atoms with E-state index in [1.54, 1.807) is 48.7 Å². The van der Waals surface area contributed by atoms with Crippen molar-refractivity contribution >= 4 is 28.7 Å². The SMILES string of the molecule is COc1ccccc1Oc1c(OC)nc(-c2ccnc(C(N)=NO)c2)nc1N(c1ccc(C(C)C)cn1)S(=O)O. The smallest absolute Gasteiger partial charge is 0.269 e. The molecule has 208 valence electrons. The molecule has 1 unspecified atom stereocenters. The van der Waals surface area contributed by atoms with Gasteiger partial charge in [-0.25, -0.2) is 14.2 Å². The second-order valence-corrected chi connectivity index (χ2v) is 9.33. The summed E-state index contributed by atoms with van der Waals surface area (Å²) in [5.74, 6) is 0.593. The number of nitrogens with zero attached hydrogens (tertiary/aromatic N) is 6. The molecule has 3 heterocycles. The highest BCUT2D eigenvalue weighted by Gasteiger charge is 2.29. The standard InChI is InChI=1S/C26H27N7O6S/c1-15(2)17-9-10-21(29-14-17)33(40(35)36)25-22(39-20-8-6-5-7-19(20)37-3)26(38-4)31-24(30-25)16-11-12-28-18(13-16)23(27)32-34/h5-15,34H,1-4H3,(H2,27,32)(H,35,36). The molecule has 0 radical (unpaired) electrons. The average Bonchev–Trinajstić information content (AvgIpc) is 2.97. The Labute approximate surface area is 232 Å². The Morgan fingerprint density at radius 2 is 1.80 bits per heavy atom. The van der Waals surface area contributed by atoms with Gasteiger partial charge in [0.25, 0.3) is 17.1 Å². The van der Waals surface area contributed by atoms with Gasteiger partial charge in [0, 0.05) is 18.0 Å². The second kappa shape index (κ2) is 12.4. The molecule has 4 rings (SSSR count). The summed E-state index contributed by atoms with van der Waals surface area (Å²) in [6.07, 6.45) is 3.04. The lowest BCUT2D eigenvalue weighted by molar-refractivity contribution is 0.318. The summed E-state index contributed by atoms with van der Waals surface area (Å²) in [6, 6.07) is 13.3. The Morgan fingerprint density at radius 3 is 2.40 bits per heavy atom. The maximum absolute atomic E-state index is 12.8. The summed E-state index contributed by atoms with van der Waals surface area (Å²) in [4.78, 5) is 17.5. The minimum absolute atomic E-state index is 0.0534. The summed E-state index contributed by atoms with van der Waals surface area (Å²) < 4.78 is 41.4. The third kappa shape index (κ3) is 5.92. The maximum atomic E-state index is 12.8. The predicted octanol–water partition coefficient (Wildman–Crippen LogP) is 4.24. The largest absolute Gasteiger partial charge is 0.493 e. The van der Waals surface area contributed by atoms with Crippen molar-refractivity contribution in [3.63, 3.8) is 0 Å². The minimum Gasteiger partial charge on any atom is -0.493 e. The molecule has 13 nitrogen and oxygen atoms in total. The Morgan fingerprint density at radius 1 is 1.05 bits per heavy atom. The van der Waals surface area contributed by atoms with Gasteiger partial charge < -0.3 is 25.2 Å². The molecule has 0 bridgehead atoms. The number of amidine groups is 1. The van der Waals surface area contributed by atoms with Crippen LogP contribution < -0.4 is 24.2 Å². The molecule has 14 heteroatoms. The van der Waals surface area contributed by atoms with E-state index in [1.807, 2.05) is 13.8 Å². The number of pyridine rings is 2. The predicted molar refractivity (Wildman–Crippen MR) is 149 cm³/mol. The Hall–Kier alpha value is -4.82. The number of methoxy groups -OCH3 is 2. The van der Waals surface area contributed by atoms with Crippen molar-refractivity contribution in [3.8, 4) is 34.5 Å². The Bertz CT molecular complexity index is 1550. The molecule has 0 saturated heterocycles. The van der Waals surface area contributed by atoms with Crippen molar-refractivity contribution in [2.24, 2.45) is 10.9 Å². The zero-order valence-corrected chi connectivity index (χ0v) is 22.9. The monoisotopic (exact) mass is 565 g/mol. The van der Waals surface area contributed by atoms with Crippen molar-refractivity contribution in [2.75, 3.05) is 18.5 Å². The molecule has 0 aliphatic carbocycles. The molecule has 0 saturated carbocycles. The van der Waals surface area contributed by atoms with Gasteiger partial charge in [0.05, 0.1) is 14.2 Å². The minimum atomic E-state index is -2.66. The van der Waals surface area contributed by atoms with Gasteiger partial charge in [0.15, 0.2) is 29.0 Å². The second-order valence-electron chi connectivity index (χ2n) is 8.51. The first kappa shape index (κ1) is 28.2. The molecule has 1 aromatic carbocycles. The van der Waals surface area contributed by atoms with Gasteiger partial charge in [-0.1, -0.05) is 37.2 Å². The van der Waals surface area contributed by atoms with Crippen LogP contribution in [0.4, 0.5) is 11.6 Å². The first-order chi connectivity index (χ1) is 19.3. The molecule has 0 spiro atoms. The fourth-order valence-corrected chi connectivity index (χ4v) is 4.15. The molecular weight excluding hydrogens is 538 g/mol. The third-order valence-corrected chi connectivity index (χ3v) is 6.35. The molecule has 0 fully saturated rings. The molecule has 4 aromatic rings. The number of anilines is 2. The van der Waals surface area contributed by atoms with Crippen molar-refractivity contribution in [3.05, 3.63) is 72.2 Å². The van der Waals surface area contributed by atoms with E-state index < -0.39 is 11.3 Å². The summed E-state index contributed by atoms with van der Waals surface area (Å²) in [6.45, 7) is 4.02. The topological polar surface area (TPSA) is 178 Å². The summed E-state index contributed by atoms with van der Waals surface area (Å²) in [7, 11) is 2.85. The molecule has 0 aliphatic rings. The van der Waals surface area contributed by atoms with Crippen LogP contribution in [0.15, 0.2) is 66.1 Å². The molecule has 40 heavy (non-hydrogen) atoms. The van der Waals surface area contributed by atoms with E-state index in [2.05, 4.69) is 25.1 Å². The number of nitrogens with two attached hydrogens (primary N) is 1. The molecule has 4 N–H and O–H groups in total. The van der Waals surface area contributed by atoms with Crippen LogP contribution in [0.3, 0.4) is 0 Å². The summed E-state index contributed by atoms with van der Waals surface area (Å²) in [5, 5.41) is 12.1. The Balaban J connectivity index is 1.97. The van der Waals surface area contributed by atoms with Gasteiger partial charge in [-0.3, -0.25) is 9.54 Å². The van der Waals surface area contributed by atoms with E-state index in [-0.39, 0.29) is 52.3 Å². The van der Waals surface area contributed by atoms with Crippen molar-refractivity contribution in [1.82, 2.24) is 19.9 Å². The van der Waals surface area contributed by atoms with Gasteiger partial charge in [0.1, 0.15) is 11.5 Å². The fourth-order valence-electron chi connectivity index (χ4n) is 3.61. The lowest BCUT2D eigenvalue weighted by Crippen LogP contribution is -2.23. The van der Waals surface area contributed by atoms with Crippen LogP contribution >= 0.6 is 0 Å². The third-order valence-electron chi connectivity index (χ3n) is 5.67. The van der Waals surface area contributed by atoms with E-state index >= 15 is 0 Å². The van der Waals surface area contributed by atoms with Gasteiger partial charge in [-0.15, -0.1) is 0 Å². The zero-order chi connectivity index (χ0) is 28.8. The molecule has 0 amide bonds. The quantitative estimate of drug-likeness (QED) is 0.0823. The van der Waals surface area contributed by atoms with E-state index in [0.29, 0.717) is 11.3 Å². The van der Waals surface area contributed by atoms with Crippen LogP contribution in [0, 0.1) is 0 Å². The van der Waals surface area contributed by atoms with Crippen molar-refractivity contribution in [2.45, 2.75) is 19.8 Å². The number of aromatic nitrogens is 4. The van der Waals surface area contributed by atoms with E-state index in [1.165, 1.54) is 26.5 Å². The number of hydrogen-bond donors (Lipinski definition) is 3. The summed E-state index contributed by atoms with van der Waals surface area (Å²) >= 11 is -2.66. The van der Waals surface area contributed by atoms with E-state index in [4.69, 9.17) is 25.2 Å². The maximum Gasteiger partial charge on any atom is 0.269 e. The number of rotatable bonds is 10. The number of ether oxygens (including phenoxy) is 3. The van der Waals surface area contributed by atoms with Crippen LogP contribution in [-0.4, -0.2) is 54.0 Å². The first-order valence-corrected chi connectivity index (χ1v) is 12.9. The van der Waals surface area contributed by atoms with Gasteiger partial charge >= 0.3 is 0 Å². The van der Waals surface area contributed by atoms with Crippen LogP contribution in [-0.2, 0) is 11.3 Å². The highest BCUT2D eigenvalue weighted by Crippen LogP contribution is 2.44. The normalized spacial score (nSPS) is 12.2. The van der Waals surface area contributed by atoms with Gasteiger partial charge in [-0.2, -0.15) is 9.29 Å². The number of para-hydroxylation sites is 2. The number of oxime groups is 1. The Kier molecular flexibility index (Phi) is 8.71. The number of hydrogen-bond acceptors (Lipinski definition) is 10. The van der Waals surface area contributed by atoms with Gasteiger partial charge in [0.2, 0.25) is 5.75 Å². The van der Waals surface area contributed by atoms with Crippen LogP contribution in [0.5, 0.6) is 23.1 Å². The summed E-state index contributed by atoms with van der Waals surface area (Å²) in [5.41, 5.74) is 7.20. The zero-order valence-electron chi connectivity index (χ0n) is 22.0. The molecule has 3 aromatic heterocycles. The van der Waals surface area contributed by atoms with E-state index in [9.17, 15) is 8.76 Å². The van der Waals surface area contributed by atoms with Gasteiger partial charge in [-0.05, 0) is 41.8 Å². The van der Waals surface area contributed by atoms with Crippen molar-refractivity contribution in [1.29, 1.82) is 0 Å². The highest BCUT2D eigenvalue weighted by molar-refractivity contribution is 7.81. The first-order valence-electron chi connectivity index (χ1n) is 11.9. The van der Waals surface area contributed by atoms with E-state index in [0.717, 1.165) is 9.87 Å². The fraction of sp³-hybridized carbons (Fsp3) is 0.192. The molecular formula is C26H27N7O6S.